The Morgan fingerprint density at radius 3 is 2.43 bits per heavy atom. The Morgan fingerprint density at radius 1 is 1.00 bits per heavy atom. The van der Waals surface area contributed by atoms with Crippen molar-refractivity contribution in [1.82, 2.24) is 5.43 Å². The third-order valence-corrected chi connectivity index (χ3v) is 3.26. The van der Waals surface area contributed by atoms with Crippen LogP contribution in [0.15, 0.2) is 46.9 Å². The quantitative estimate of drug-likeness (QED) is 0.574. The Morgan fingerprint density at radius 2 is 1.71 bits per heavy atom. The van der Waals surface area contributed by atoms with Crippen LogP contribution in [0.1, 0.15) is 17.4 Å². The van der Waals surface area contributed by atoms with Crippen LogP contribution in [0.4, 0.5) is 13.2 Å². The number of rotatable bonds is 3. The Hall–Kier alpha value is -2.31. The van der Waals surface area contributed by atoms with E-state index in [9.17, 15) is 13.2 Å². The minimum Gasteiger partial charge on any atom is -0.456 e. The van der Waals surface area contributed by atoms with Crippen LogP contribution in [0.2, 0.25) is 0 Å². The molecular weight excluding hydrogens is 281 g/mol. The number of nitrogens with one attached hydrogen (secondary N) is 1. The molecule has 2 aromatic carbocycles. The Labute approximate surface area is 118 Å². The molecule has 0 saturated heterocycles. The van der Waals surface area contributed by atoms with Crippen molar-refractivity contribution in [2.24, 2.45) is 5.84 Å². The van der Waals surface area contributed by atoms with Crippen molar-refractivity contribution in [1.29, 1.82) is 0 Å². The highest BCUT2D eigenvalue weighted by atomic mass is 19.2. The third kappa shape index (κ3) is 2.28. The number of hydrazine groups is 1. The fourth-order valence-electron chi connectivity index (χ4n) is 2.26. The molecule has 3 rings (SSSR count). The Bertz CT molecular complexity index is 801. The number of fused-ring (bicyclic) bond motifs is 1. The predicted octanol–water partition coefficient (Wildman–Crippen LogP) is 3.40. The number of para-hydroxylation sites is 1. The summed E-state index contributed by atoms with van der Waals surface area (Å²) in [7, 11) is 0. The first-order valence-corrected chi connectivity index (χ1v) is 6.20. The highest BCUT2D eigenvalue weighted by Gasteiger charge is 2.23. The standard InChI is InChI=1S/C15H11F3N2O/c16-10-5-2-4-9(13(10)18)14(20-19)12-7-8-3-1-6-11(17)15(8)21-12/h1-7,14,20H,19H2. The van der Waals surface area contributed by atoms with Crippen LogP contribution in [0, 0.1) is 17.5 Å². The summed E-state index contributed by atoms with van der Waals surface area (Å²) in [6.07, 6.45) is 0. The highest BCUT2D eigenvalue weighted by Crippen LogP contribution is 2.30. The zero-order valence-corrected chi connectivity index (χ0v) is 10.7. The SMILES string of the molecule is NNC(c1cc2cccc(F)c2o1)c1cccc(F)c1F. The predicted molar refractivity (Wildman–Crippen MR) is 71.7 cm³/mol. The summed E-state index contributed by atoms with van der Waals surface area (Å²) in [6.45, 7) is 0. The van der Waals surface area contributed by atoms with Crippen LogP contribution >= 0.6 is 0 Å². The molecule has 1 unspecified atom stereocenters. The third-order valence-electron chi connectivity index (χ3n) is 3.26. The number of furan rings is 1. The average molecular weight is 292 g/mol. The van der Waals surface area contributed by atoms with Gasteiger partial charge in [0.25, 0.3) is 0 Å². The van der Waals surface area contributed by atoms with Crippen molar-refractivity contribution in [2.75, 3.05) is 0 Å². The van der Waals surface area contributed by atoms with Gasteiger partial charge in [-0.1, -0.05) is 24.3 Å². The first-order chi connectivity index (χ1) is 10.1. The average Bonchev–Trinajstić information content (AvgIpc) is 2.89. The van der Waals surface area contributed by atoms with Crippen LogP contribution in [0.3, 0.4) is 0 Å². The van der Waals surface area contributed by atoms with Gasteiger partial charge in [-0.2, -0.15) is 0 Å². The van der Waals surface area contributed by atoms with Gasteiger partial charge in [-0.05, 0) is 18.2 Å². The van der Waals surface area contributed by atoms with E-state index in [2.05, 4.69) is 5.43 Å². The summed E-state index contributed by atoms with van der Waals surface area (Å²) in [5, 5.41) is 0.516. The Balaban J connectivity index is 2.14. The van der Waals surface area contributed by atoms with Gasteiger partial charge in [0, 0.05) is 10.9 Å². The number of halogens is 3. The van der Waals surface area contributed by atoms with E-state index in [0.717, 1.165) is 6.07 Å². The van der Waals surface area contributed by atoms with Gasteiger partial charge in [0.05, 0.1) is 0 Å². The molecule has 6 heteroatoms. The van der Waals surface area contributed by atoms with Gasteiger partial charge in [-0.3, -0.25) is 5.84 Å². The summed E-state index contributed by atoms with van der Waals surface area (Å²) < 4.78 is 46.2. The lowest BCUT2D eigenvalue weighted by Gasteiger charge is -2.14. The van der Waals surface area contributed by atoms with Crippen molar-refractivity contribution >= 4 is 11.0 Å². The molecule has 1 aromatic heterocycles. The molecular formula is C15H11F3N2O. The molecule has 0 spiro atoms. The van der Waals surface area contributed by atoms with E-state index < -0.39 is 23.5 Å². The maximum Gasteiger partial charge on any atom is 0.169 e. The lowest BCUT2D eigenvalue weighted by molar-refractivity contribution is 0.439. The van der Waals surface area contributed by atoms with E-state index in [1.807, 2.05) is 0 Å². The van der Waals surface area contributed by atoms with E-state index in [0.29, 0.717) is 5.39 Å². The minimum atomic E-state index is -1.03. The Kier molecular flexibility index (Phi) is 3.40. The van der Waals surface area contributed by atoms with Crippen LogP contribution in [0.5, 0.6) is 0 Å². The number of hydrogen-bond donors (Lipinski definition) is 2. The second-order valence-corrected chi connectivity index (χ2v) is 4.55. The summed E-state index contributed by atoms with van der Waals surface area (Å²) in [5.74, 6) is 3.07. The fraction of sp³-hybridized carbons (Fsp3) is 0.0667. The number of benzene rings is 2. The molecule has 21 heavy (non-hydrogen) atoms. The molecule has 3 aromatic rings. The van der Waals surface area contributed by atoms with Crippen molar-refractivity contribution < 1.29 is 17.6 Å². The molecule has 3 N–H and O–H groups in total. The fourth-order valence-corrected chi connectivity index (χ4v) is 2.26. The monoisotopic (exact) mass is 292 g/mol. The van der Waals surface area contributed by atoms with Gasteiger partial charge in [0.15, 0.2) is 23.0 Å². The second kappa shape index (κ2) is 5.23. The number of nitrogens with two attached hydrogens (primary N) is 1. The van der Waals surface area contributed by atoms with Gasteiger partial charge < -0.3 is 4.42 Å². The van der Waals surface area contributed by atoms with E-state index in [1.54, 1.807) is 6.07 Å². The molecule has 0 radical (unpaired) electrons. The topological polar surface area (TPSA) is 51.2 Å². The molecule has 1 heterocycles. The zero-order chi connectivity index (χ0) is 15.0. The highest BCUT2D eigenvalue weighted by molar-refractivity contribution is 5.78. The number of hydrogen-bond acceptors (Lipinski definition) is 3. The molecule has 0 aliphatic heterocycles. The van der Waals surface area contributed by atoms with E-state index in [1.165, 1.54) is 30.3 Å². The molecule has 0 fully saturated rings. The maximum atomic E-state index is 13.9. The molecule has 108 valence electrons. The van der Waals surface area contributed by atoms with Crippen molar-refractivity contribution in [3.05, 3.63) is 71.2 Å². The second-order valence-electron chi connectivity index (χ2n) is 4.55. The minimum absolute atomic E-state index is 0.0167. The van der Waals surface area contributed by atoms with Crippen LogP contribution in [-0.2, 0) is 0 Å². The first kappa shape index (κ1) is 13.7. The summed E-state index contributed by atoms with van der Waals surface area (Å²) in [5.41, 5.74) is 2.39. The molecule has 0 bridgehead atoms. The summed E-state index contributed by atoms with van der Waals surface area (Å²) in [4.78, 5) is 0. The zero-order valence-electron chi connectivity index (χ0n) is 10.7. The van der Waals surface area contributed by atoms with E-state index in [4.69, 9.17) is 10.3 Å². The summed E-state index contributed by atoms with van der Waals surface area (Å²) in [6, 6.07) is 8.80. The van der Waals surface area contributed by atoms with Gasteiger partial charge in [-0.25, -0.2) is 18.6 Å². The lowest BCUT2D eigenvalue weighted by Crippen LogP contribution is -2.29. The van der Waals surface area contributed by atoms with Crippen molar-refractivity contribution in [3.63, 3.8) is 0 Å². The van der Waals surface area contributed by atoms with E-state index in [-0.39, 0.29) is 16.9 Å². The van der Waals surface area contributed by atoms with E-state index >= 15 is 0 Å². The molecule has 1 atom stereocenters. The van der Waals surface area contributed by atoms with Crippen molar-refractivity contribution in [2.45, 2.75) is 6.04 Å². The van der Waals surface area contributed by atoms with Crippen molar-refractivity contribution in [3.8, 4) is 0 Å². The van der Waals surface area contributed by atoms with Crippen LogP contribution < -0.4 is 11.3 Å². The van der Waals surface area contributed by atoms with Gasteiger partial charge >= 0.3 is 0 Å². The molecule has 0 aliphatic carbocycles. The van der Waals surface area contributed by atoms with Crippen LogP contribution in [0.25, 0.3) is 11.0 Å². The molecule has 3 nitrogen and oxygen atoms in total. The maximum absolute atomic E-state index is 13.9. The van der Waals surface area contributed by atoms with Gasteiger partial charge in [0.2, 0.25) is 0 Å². The largest absolute Gasteiger partial charge is 0.456 e. The lowest BCUT2D eigenvalue weighted by atomic mass is 10.0. The normalized spacial score (nSPS) is 12.8. The molecule has 0 saturated carbocycles. The van der Waals surface area contributed by atoms with Crippen LogP contribution in [-0.4, -0.2) is 0 Å². The summed E-state index contributed by atoms with van der Waals surface area (Å²) >= 11 is 0. The molecule has 0 aliphatic rings. The van der Waals surface area contributed by atoms with Gasteiger partial charge in [0.1, 0.15) is 11.8 Å². The van der Waals surface area contributed by atoms with Gasteiger partial charge in [-0.15, -0.1) is 0 Å². The molecule has 0 amide bonds. The smallest absolute Gasteiger partial charge is 0.169 e. The first-order valence-electron chi connectivity index (χ1n) is 6.20.